The van der Waals surface area contributed by atoms with Gasteiger partial charge in [0.15, 0.2) is 0 Å². The molecule has 2 aromatic rings. The lowest BCUT2D eigenvalue weighted by atomic mass is 9.96. The van der Waals surface area contributed by atoms with Crippen molar-refractivity contribution >= 4 is 43.1 Å². The average molecular weight is 430 g/mol. The number of ether oxygens (including phenoxy) is 1. The minimum Gasteiger partial charge on any atom is -0.457 e. The highest BCUT2D eigenvalue weighted by molar-refractivity contribution is 9.10. The monoisotopic (exact) mass is 429 g/mol. The number of hydrogen-bond acceptors (Lipinski definition) is 4. The van der Waals surface area contributed by atoms with E-state index in [1.54, 1.807) is 24.3 Å². The quantitative estimate of drug-likeness (QED) is 0.759. The zero-order valence-electron chi connectivity index (χ0n) is 12.4. The topological polar surface area (TPSA) is 86.5 Å². The van der Waals surface area contributed by atoms with Crippen LogP contribution in [0.5, 0.6) is 0 Å². The number of rotatable bonds is 3. The van der Waals surface area contributed by atoms with Crippen LogP contribution in [0.4, 0.5) is 8.78 Å². The van der Waals surface area contributed by atoms with E-state index >= 15 is 0 Å². The molecule has 1 heterocycles. The molecule has 0 aromatic heterocycles. The molecule has 0 radical (unpaired) electrons. The Morgan fingerprint density at radius 3 is 2.48 bits per heavy atom. The van der Waals surface area contributed by atoms with Gasteiger partial charge >= 0.3 is 5.97 Å². The van der Waals surface area contributed by atoms with Crippen LogP contribution in [0.3, 0.4) is 0 Å². The van der Waals surface area contributed by atoms with Crippen molar-refractivity contribution in [3.05, 3.63) is 63.6 Å². The number of nitrogens with two attached hydrogens (primary N) is 1. The van der Waals surface area contributed by atoms with Crippen LogP contribution in [0.15, 0.2) is 45.8 Å². The van der Waals surface area contributed by atoms with Crippen molar-refractivity contribution < 1.29 is 26.7 Å². The first kappa shape index (κ1) is 17.7. The largest absolute Gasteiger partial charge is 0.457 e. The van der Waals surface area contributed by atoms with E-state index in [1.165, 1.54) is 0 Å². The summed E-state index contributed by atoms with van der Waals surface area (Å²) in [5, 5.41) is 4.86. The highest BCUT2D eigenvalue weighted by atomic mass is 79.9. The van der Waals surface area contributed by atoms with Crippen molar-refractivity contribution in [2.24, 2.45) is 5.14 Å². The molecule has 0 atom stereocenters. The fourth-order valence-corrected chi connectivity index (χ4v) is 3.53. The number of cyclic esters (lactones) is 1. The van der Waals surface area contributed by atoms with Crippen LogP contribution < -0.4 is 5.14 Å². The van der Waals surface area contributed by atoms with E-state index in [9.17, 15) is 22.0 Å². The number of primary sulfonamides is 1. The van der Waals surface area contributed by atoms with Gasteiger partial charge in [-0.2, -0.15) is 0 Å². The fraction of sp³-hybridized carbons (Fsp3) is 0.0625. The van der Waals surface area contributed by atoms with Gasteiger partial charge in [-0.05, 0) is 29.8 Å². The standard InChI is InChI=1S/C16H10BrF2NO4S/c17-9-3-1-2-8(4-9)15-11(7-24-16(15)21)10-5-13(19)14(6-12(10)18)25(20,22)23/h1-6H,7H2,(H2,20,22,23). The van der Waals surface area contributed by atoms with Crippen LogP contribution >= 0.6 is 15.9 Å². The summed E-state index contributed by atoms with van der Waals surface area (Å²) in [6.07, 6.45) is 0. The second kappa shape index (κ2) is 6.32. The van der Waals surface area contributed by atoms with Gasteiger partial charge in [-0.1, -0.05) is 28.1 Å². The van der Waals surface area contributed by atoms with E-state index in [1.807, 2.05) is 0 Å². The Labute approximate surface area is 150 Å². The molecule has 0 spiro atoms. The summed E-state index contributed by atoms with van der Waals surface area (Å²) >= 11 is 3.27. The number of carbonyl (C=O) groups excluding carboxylic acids is 1. The maximum Gasteiger partial charge on any atom is 0.339 e. The summed E-state index contributed by atoms with van der Waals surface area (Å²) in [4.78, 5) is 11.1. The van der Waals surface area contributed by atoms with Crippen LogP contribution in [0.2, 0.25) is 0 Å². The molecule has 0 saturated carbocycles. The second-order valence-corrected chi connectivity index (χ2v) is 7.69. The van der Waals surface area contributed by atoms with Crippen molar-refractivity contribution in [3.8, 4) is 0 Å². The average Bonchev–Trinajstić information content (AvgIpc) is 2.89. The number of halogens is 3. The SMILES string of the molecule is NS(=O)(=O)c1cc(F)c(C2=C(c3cccc(Br)c3)C(=O)OC2)cc1F. The molecule has 0 saturated heterocycles. The van der Waals surface area contributed by atoms with E-state index in [4.69, 9.17) is 9.88 Å². The molecule has 1 aliphatic rings. The Kier molecular flexibility index (Phi) is 4.48. The lowest BCUT2D eigenvalue weighted by molar-refractivity contribution is -0.133. The Hall–Kier alpha value is -2.10. The van der Waals surface area contributed by atoms with Crippen molar-refractivity contribution in [1.82, 2.24) is 0 Å². The Morgan fingerprint density at radius 2 is 1.84 bits per heavy atom. The lowest BCUT2D eigenvalue weighted by Crippen LogP contribution is -2.15. The third-order valence-corrected chi connectivity index (χ3v) is 5.04. The molecule has 0 fully saturated rings. The fourth-order valence-electron chi connectivity index (χ4n) is 2.53. The molecular formula is C16H10BrF2NO4S. The Morgan fingerprint density at radius 1 is 1.12 bits per heavy atom. The highest BCUT2D eigenvalue weighted by Gasteiger charge is 2.30. The van der Waals surface area contributed by atoms with E-state index < -0.39 is 32.5 Å². The molecular weight excluding hydrogens is 420 g/mol. The predicted octanol–water partition coefficient (Wildman–Crippen LogP) is 2.84. The van der Waals surface area contributed by atoms with Gasteiger partial charge in [0.25, 0.3) is 0 Å². The summed E-state index contributed by atoms with van der Waals surface area (Å²) in [5.74, 6) is -2.91. The first-order valence-corrected chi connectivity index (χ1v) is 9.21. The minimum absolute atomic E-state index is 0.0861. The smallest absolute Gasteiger partial charge is 0.339 e. The third-order valence-electron chi connectivity index (χ3n) is 3.62. The molecule has 1 aliphatic heterocycles. The minimum atomic E-state index is -4.41. The van der Waals surface area contributed by atoms with Gasteiger partial charge in [0, 0.05) is 15.6 Å². The van der Waals surface area contributed by atoms with Gasteiger partial charge in [-0.25, -0.2) is 27.1 Å². The number of hydrogen-bond donors (Lipinski definition) is 1. The van der Waals surface area contributed by atoms with Gasteiger partial charge in [0.1, 0.15) is 23.1 Å². The lowest BCUT2D eigenvalue weighted by Gasteiger charge is -2.09. The van der Waals surface area contributed by atoms with Crippen molar-refractivity contribution in [2.45, 2.75) is 4.90 Å². The first-order chi connectivity index (χ1) is 11.7. The van der Waals surface area contributed by atoms with Crippen molar-refractivity contribution in [3.63, 3.8) is 0 Å². The number of sulfonamides is 1. The zero-order chi connectivity index (χ0) is 18.4. The molecule has 2 N–H and O–H groups in total. The summed E-state index contributed by atoms with van der Waals surface area (Å²) in [6, 6.07) is 7.87. The van der Waals surface area contributed by atoms with E-state index in [0.29, 0.717) is 22.2 Å². The molecule has 0 bridgehead atoms. The van der Waals surface area contributed by atoms with E-state index in [2.05, 4.69) is 15.9 Å². The molecule has 2 aromatic carbocycles. The number of carbonyl (C=O) groups is 1. The molecule has 0 amide bonds. The van der Waals surface area contributed by atoms with Crippen LogP contribution in [0.1, 0.15) is 11.1 Å². The van der Waals surface area contributed by atoms with Crippen molar-refractivity contribution in [1.29, 1.82) is 0 Å². The Bertz CT molecular complexity index is 1030. The zero-order valence-corrected chi connectivity index (χ0v) is 14.8. The van der Waals surface area contributed by atoms with Gasteiger partial charge < -0.3 is 4.74 Å². The van der Waals surface area contributed by atoms with Crippen molar-refractivity contribution in [2.75, 3.05) is 6.61 Å². The van der Waals surface area contributed by atoms with Gasteiger partial charge in [-0.15, -0.1) is 0 Å². The van der Waals surface area contributed by atoms with Gasteiger partial charge in [0.2, 0.25) is 10.0 Å². The summed E-state index contributed by atoms with van der Waals surface area (Å²) in [6.45, 7) is -0.258. The Balaban J connectivity index is 2.23. The molecule has 0 unspecified atom stereocenters. The van der Waals surface area contributed by atoms with Gasteiger partial charge in [0.05, 0.1) is 5.57 Å². The highest BCUT2D eigenvalue weighted by Crippen LogP contribution is 2.36. The summed E-state index contributed by atoms with van der Waals surface area (Å²) in [7, 11) is -4.41. The first-order valence-electron chi connectivity index (χ1n) is 6.87. The normalized spacial score (nSPS) is 14.8. The maximum absolute atomic E-state index is 14.4. The summed E-state index contributed by atoms with van der Waals surface area (Å²) < 4.78 is 56.7. The summed E-state index contributed by atoms with van der Waals surface area (Å²) in [5.41, 5.74) is 0.413. The van der Waals surface area contributed by atoms with E-state index in [-0.39, 0.29) is 23.3 Å². The third kappa shape index (κ3) is 3.35. The van der Waals surface area contributed by atoms with Gasteiger partial charge in [-0.3, -0.25) is 0 Å². The molecule has 0 aliphatic carbocycles. The molecule has 130 valence electrons. The molecule has 25 heavy (non-hydrogen) atoms. The molecule has 9 heteroatoms. The van der Waals surface area contributed by atoms with E-state index in [0.717, 1.165) is 0 Å². The number of esters is 1. The number of benzene rings is 2. The molecule has 5 nitrogen and oxygen atoms in total. The van der Waals surface area contributed by atoms with Crippen LogP contribution in [0.25, 0.3) is 11.1 Å². The van der Waals surface area contributed by atoms with Crippen LogP contribution in [0, 0.1) is 11.6 Å². The van der Waals surface area contributed by atoms with Crippen LogP contribution in [-0.4, -0.2) is 21.0 Å². The molecule has 3 rings (SSSR count). The second-order valence-electron chi connectivity index (χ2n) is 5.25. The maximum atomic E-state index is 14.4. The predicted molar refractivity (Wildman–Crippen MR) is 89.6 cm³/mol. The van der Waals surface area contributed by atoms with Crippen LogP contribution in [-0.2, 0) is 19.6 Å².